The van der Waals surface area contributed by atoms with Crippen LogP contribution in [0, 0.1) is 5.92 Å². The summed E-state index contributed by atoms with van der Waals surface area (Å²) < 4.78 is 7.52. The number of piperidine rings is 1. The second-order valence-electron chi connectivity index (χ2n) is 7.34. The lowest BCUT2D eigenvalue weighted by Crippen LogP contribution is -2.41. The van der Waals surface area contributed by atoms with Crippen molar-refractivity contribution >= 4 is 16.8 Å². The topological polar surface area (TPSA) is 106 Å². The van der Waals surface area contributed by atoms with Crippen LogP contribution in [0.3, 0.4) is 0 Å². The minimum Gasteiger partial charge on any atom is -0.493 e. The van der Waals surface area contributed by atoms with Gasteiger partial charge in [-0.2, -0.15) is 15.1 Å². The highest BCUT2D eigenvalue weighted by atomic mass is 16.5. The van der Waals surface area contributed by atoms with Gasteiger partial charge in [-0.05, 0) is 31.7 Å². The number of amides is 1. The fraction of sp³-hybridized carbons (Fsp3) is 0.421. The van der Waals surface area contributed by atoms with Crippen molar-refractivity contribution in [1.82, 2.24) is 29.6 Å². The van der Waals surface area contributed by atoms with E-state index in [2.05, 4.69) is 20.1 Å². The molecular weight excluding hydrogens is 360 g/mol. The monoisotopic (exact) mass is 380 g/mol. The van der Waals surface area contributed by atoms with E-state index in [0.717, 1.165) is 32.2 Å². The van der Waals surface area contributed by atoms with E-state index in [1.165, 1.54) is 0 Å². The number of carbonyl (C=O) groups excluding carboxylic acids is 1. The third-order valence-corrected chi connectivity index (χ3v) is 5.25. The minimum absolute atomic E-state index is 0.0340. The third kappa shape index (κ3) is 3.23. The van der Waals surface area contributed by atoms with Gasteiger partial charge in [0.25, 0.3) is 0 Å². The van der Waals surface area contributed by atoms with Gasteiger partial charge in [0, 0.05) is 25.2 Å². The van der Waals surface area contributed by atoms with Crippen LogP contribution in [-0.4, -0.2) is 53.7 Å². The predicted molar refractivity (Wildman–Crippen MR) is 98.9 cm³/mol. The Balaban J connectivity index is 1.31. The fourth-order valence-electron chi connectivity index (χ4n) is 3.63. The largest absolute Gasteiger partial charge is 0.493 e. The summed E-state index contributed by atoms with van der Waals surface area (Å²) in [6.45, 7) is 1.50. The van der Waals surface area contributed by atoms with Crippen molar-refractivity contribution in [1.29, 1.82) is 0 Å². The zero-order valence-corrected chi connectivity index (χ0v) is 15.2. The van der Waals surface area contributed by atoms with Crippen molar-refractivity contribution in [2.24, 2.45) is 5.92 Å². The average Bonchev–Trinajstić information content (AvgIpc) is 3.47. The normalized spacial score (nSPS) is 19.7. The Bertz CT molecular complexity index is 1030. The molecule has 2 fully saturated rings. The van der Waals surface area contributed by atoms with Crippen molar-refractivity contribution in [3.8, 4) is 17.6 Å². The number of fused-ring (bicyclic) bond motifs is 1. The smallest absolute Gasteiger partial charge is 0.326 e. The number of rotatable bonds is 4. The Hall–Kier alpha value is -3.23. The maximum Gasteiger partial charge on any atom is 0.326 e. The lowest BCUT2D eigenvalue weighted by molar-refractivity contribution is -0.134. The summed E-state index contributed by atoms with van der Waals surface area (Å²) in [7, 11) is 0. The fourth-order valence-corrected chi connectivity index (χ4v) is 3.63. The molecule has 1 aliphatic carbocycles. The lowest BCUT2D eigenvalue weighted by Gasteiger charge is -2.33. The van der Waals surface area contributed by atoms with Crippen LogP contribution in [0.4, 0.5) is 0 Å². The number of hydrogen-bond acceptors (Lipinski definition) is 7. The average molecular weight is 380 g/mol. The number of carbonyl (C=O) groups is 1. The molecule has 1 saturated carbocycles. The SMILES string of the molecule is O=C(C1CC1)N1CCC[C@@H](n2cc(Oc3nc(O)c4ccncc4n3)cn2)C1. The highest BCUT2D eigenvalue weighted by molar-refractivity contribution is 5.82. The van der Waals surface area contributed by atoms with Gasteiger partial charge in [0.05, 0.1) is 35.5 Å². The molecule has 1 amide bonds. The van der Waals surface area contributed by atoms with Gasteiger partial charge < -0.3 is 14.7 Å². The molecule has 1 N–H and O–H groups in total. The first-order valence-corrected chi connectivity index (χ1v) is 9.49. The Morgan fingerprint density at radius 2 is 2.11 bits per heavy atom. The van der Waals surface area contributed by atoms with E-state index in [9.17, 15) is 9.90 Å². The van der Waals surface area contributed by atoms with E-state index in [-0.39, 0.29) is 29.8 Å². The summed E-state index contributed by atoms with van der Waals surface area (Å²) in [4.78, 5) is 26.6. The molecule has 0 unspecified atom stereocenters. The van der Waals surface area contributed by atoms with Crippen molar-refractivity contribution in [2.45, 2.75) is 31.7 Å². The number of pyridine rings is 1. The van der Waals surface area contributed by atoms with Gasteiger partial charge in [0.15, 0.2) is 5.75 Å². The maximum atomic E-state index is 12.3. The molecule has 3 aromatic rings. The molecule has 3 aromatic heterocycles. The number of likely N-dealkylation sites (tertiary alicyclic amines) is 1. The standard InChI is InChI=1S/C19H20N6O3/c26-17-15-5-6-20-9-16(15)22-19(23-17)28-14-8-21-25(11-14)13-2-1-7-24(10-13)18(27)12-3-4-12/h5-6,8-9,11-13H,1-4,7,10H2,(H,22,23,26)/t13-/m1/s1. The van der Waals surface area contributed by atoms with Crippen molar-refractivity contribution in [2.75, 3.05) is 13.1 Å². The van der Waals surface area contributed by atoms with Crippen LogP contribution >= 0.6 is 0 Å². The summed E-state index contributed by atoms with van der Waals surface area (Å²) in [5.74, 6) is 0.842. The molecule has 1 saturated heterocycles. The van der Waals surface area contributed by atoms with Crippen molar-refractivity contribution < 1.29 is 14.6 Å². The van der Waals surface area contributed by atoms with Crippen molar-refractivity contribution in [3.05, 3.63) is 30.9 Å². The summed E-state index contributed by atoms with van der Waals surface area (Å²) in [5.41, 5.74) is 0.499. The highest BCUT2D eigenvalue weighted by Gasteiger charge is 2.35. The summed E-state index contributed by atoms with van der Waals surface area (Å²) in [5, 5.41) is 15.0. The molecule has 0 spiro atoms. The molecule has 0 radical (unpaired) electrons. The van der Waals surface area contributed by atoms with E-state index in [4.69, 9.17) is 4.74 Å². The van der Waals surface area contributed by atoms with Crippen LogP contribution in [0.2, 0.25) is 0 Å². The van der Waals surface area contributed by atoms with Gasteiger partial charge in [0.1, 0.15) is 0 Å². The van der Waals surface area contributed by atoms with E-state index in [1.54, 1.807) is 30.9 Å². The molecule has 0 aromatic carbocycles. The first kappa shape index (κ1) is 16.9. The van der Waals surface area contributed by atoms with Gasteiger partial charge in [-0.3, -0.25) is 14.5 Å². The van der Waals surface area contributed by atoms with E-state index in [1.807, 2.05) is 9.58 Å². The molecule has 28 heavy (non-hydrogen) atoms. The minimum atomic E-state index is -0.156. The van der Waals surface area contributed by atoms with E-state index < -0.39 is 0 Å². The number of hydrogen-bond donors (Lipinski definition) is 1. The van der Waals surface area contributed by atoms with Crippen LogP contribution in [0.5, 0.6) is 17.6 Å². The number of ether oxygens (including phenoxy) is 1. The third-order valence-electron chi connectivity index (χ3n) is 5.25. The van der Waals surface area contributed by atoms with Gasteiger partial charge in [-0.15, -0.1) is 0 Å². The number of aromatic hydroxyl groups is 1. The summed E-state index contributed by atoms with van der Waals surface area (Å²) in [6.07, 6.45) is 10.5. The molecule has 2 aliphatic rings. The second kappa shape index (κ2) is 6.74. The van der Waals surface area contributed by atoms with Gasteiger partial charge in [0.2, 0.25) is 11.8 Å². The Morgan fingerprint density at radius 3 is 2.96 bits per heavy atom. The Morgan fingerprint density at radius 1 is 1.21 bits per heavy atom. The first-order valence-electron chi connectivity index (χ1n) is 9.49. The Labute approximate surface area is 161 Å². The maximum absolute atomic E-state index is 12.3. The summed E-state index contributed by atoms with van der Waals surface area (Å²) >= 11 is 0. The lowest BCUT2D eigenvalue weighted by atomic mass is 10.1. The van der Waals surface area contributed by atoms with Gasteiger partial charge >= 0.3 is 6.01 Å². The number of aromatic nitrogens is 5. The highest BCUT2D eigenvalue weighted by Crippen LogP contribution is 2.33. The van der Waals surface area contributed by atoms with Crippen LogP contribution in [0.1, 0.15) is 31.7 Å². The van der Waals surface area contributed by atoms with Crippen LogP contribution in [0.25, 0.3) is 10.9 Å². The zero-order valence-electron chi connectivity index (χ0n) is 15.2. The van der Waals surface area contributed by atoms with Gasteiger partial charge in [-0.25, -0.2) is 0 Å². The number of nitrogens with zero attached hydrogens (tertiary/aromatic N) is 6. The predicted octanol–water partition coefficient (Wildman–Crippen LogP) is 2.29. The molecule has 1 aliphatic heterocycles. The molecule has 9 heteroatoms. The van der Waals surface area contributed by atoms with E-state index in [0.29, 0.717) is 23.2 Å². The molecular formula is C19H20N6O3. The molecule has 0 bridgehead atoms. The second-order valence-corrected chi connectivity index (χ2v) is 7.34. The van der Waals surface area contributed by atoms with Crippen LogP contribution in [0.15, 0.2) is 30.9 Å². The molecule has 5 rings (SSSR count). The van der Waals surface area contributed by atoms with E-state index >= 15 is 0 Å². The molecule has 1 atom stereocenters. The molecule has 144 valence electrons. The van der Waals surface area contributed by atoms with Crippen molar-refractivity contribution in [3.63, 3.8) is 0 Å². The first-order chi connectivity index (χ1) is 13.7. The zero-order chi connectivity index (χ0) is 19.1. The Kier molecular flexibility index (Phi) is 4.07. The summed E-state index contributed by atoms with van der Waals surface area (Å²) in [6, 6.07) is 1.81. The molecule has 4 heterocycles. The molecule has 9 nitrogen and oxygen atoms in total. The van der Waals surface area contributed by atoms with Crippen LogP contribution < -0.4 is 4.74 Å². The quantitative estimate of drug-likeness (QED) is 0.740. The van der Waals surface area contributed by atoms with Crippen LogP contribution in [-0.2, 0) is 4.79 Å². The van der Waals surface area contributed by atoms with Gasteiger partial charge in [-0.1, -0.05) is 0 Å².